The second-order valence-electron chi connectivity index (χ2n) is 5.93. The Morgan fingerprint density at radius 3 is 2.86 bits per heavy atom. The van der Waals surface area contributed by atoms with Crippen LogP contribution in [0.25, 0.3) is 10.9 Å². The molecule has 1 aromatic carbocycles. The van der Waals surface area contributed by atoms with E-state index in [-0.39, 0.29) is 6.04 Å². The van der Waals surface area contributed by atoms with Gasteiger partial charge in [0.05, 0.1) is 6.04 Å². The Morgan fingerprint density at radius 1 is 1.19 bits per heavy atom. The van der Waals surface area contributed by atoms with Crippen LogP contribution in [0.4, 0.5) is 0 Å². The number of rotatable bonds is 1. The molecule has 0 saturated heterocycles. The number of hydrogen-bond acceptors (Lipinski definition) is 2. The van der Waals surface area contributed by atoms with E-state index in [2.05, 4.69) is 59.2 Å². The molecule has 0 spiro atoms. The molecule has 1 N–H and O–H groups in total. The number of pyridine rings is 1. The second kappa shape index (κ2) is 4.71. The van der Waals surface area contributed by atoms with E-state index in [1.54, 1.807) is 0 Å². The van der Waals surface area contributed by atoms with Crippen molar-refractivity contribution in [2.24, 2.45) is 7.05 Å². The number of hydrogen-bond donors (Lipinski definition) is 1. The molecule has 106 valence electrons. The van der Waals surface area contributed by atoms with Gasteiger partial charge in [0.1, 0.15) is 0 Å². The van der Waals surface area contributed by atoms with E-state index < -0.39 is 0 Å². The first-order valence-electron chi connectivity index (χ1n) is 7.48. The molecule has 0 fully saturated rings. The molecule has 0 aliphatic carbocycles. The lowest BCUT2D eigenvalue weighted by Gasteiger charge is -2.30. The van der Waals surface area contributed by atoms with Gasteiger partial charge >= 0.3 is 0 Å². The lowest BCUT2D eigenvalue weighted by Crippen LogP contribution is -2.38. The van der Waals surface area contributed by atoms with Crippen LogP contribution in [0.2, 0.25) is 0 Å². The maximum absolute atomic E-state index is 4.29. The summed E-state index contributed by atoms with van der Waals surface area (Å²) in [7, 11) is 2.17. The van der Waals surface area contributed by atoms with E-state index in [1.165, 1.54) is 27.7 Å². The van der Waals surface area contributed by atoms with Crippen LogP contribution >= 0.6 is 0 Å². The molecule has 21 heavy (non-hydrogen) atoms. The van der Waals surface area contributed by atoms with Gasteiger partial charge in [0, 0.05) is 42.1 Å². The minimum absolute atomic E-state index is 0.217. The van der Waals surface area contributed by atoms with Crippen molar-refractivity contribution in [1.29, 1.82) is 0 Å². The SMILES string of the molecule is CC1Cc2c(n(C)c3ccccc23)C(c2cccnc2)N1. The average Bonchev–Trinajstić information content (AvgIpc) is 2.81. The first-order valence-corrected chi connectivity index (χ1v) is 7.48. The molecule has 2 unspecified atom stereocenters. The van der Waals surface area contributed by atoms with Crippen molar-refractivity contribution in [2.45, 2.75) is 25.4 Å². The summed E-state index contributed by atoms with van der Waals surface area (Å²) < 4.78 is 2.33. The van der Waals surface area contributed by atoms with E-state index in [4.69, 9.17) is 0 Å². The summed E-state index contributed by atoms with van der Waals surface area (Å²) in [5, 5.41) is 5.12. The molecule has 1 aliphatic heterocycles. The molecule has 2 aromatic heterocycles. The molecule has 0 saturated carbocycles. The molecule has 3 aromatic rings. The summed E-state index contributed by atoms with van der Waals surface area (Å²) in [6, 6.07) is 13.6. The number of fused-ring (bicyclic) bond motifs is 3. The van der Waals surface area contributed by atoms with Gasteiger partial charge in [0.2, 0.25) is 0 Å². The van der Waals surface area contributed by atoms with Crippen LogP contribution in [0.3, 0.4) is 0 Å². The highest BCUT2D eigenvalue weighted by molar-refractivity contribution is 5.86. The fourth-order valence-electron chi connectivity index (χ4n) is 3.60. The molecular weight excluding hydrogens is 258 g/mol. The van der Waals surface area contributed by atoms with Gasteiger partial charge in [-0.25, -0.2) is 0 Å². The van der Waals surface area contributed by atoms with Crippen LogP contribution in [0.15, 0.2) is 48.8 Å². The van der Waals surface area contributed by atoms with Gasteiger partial charge in [-0.15, -0.1) is 0 Å². The summed E-state index contributed by atoms with van der Waals surface area (Å²) in [6.07, 6.45) is 4.88. The molecule has 0 bridgehead atoms. The van der Waals surface area contributed by atoms with Crippen LogP contribution in [0, 0.1) is 0 Å². The van der Waals surface area contributed by atoms with E-state index >= 15 is 0 Å². The van der Waals surface area contributed by atoms with Crippen LogP contribution in [-0.2, 0) is 13.5 Å². The van der Waals surface area contributed by atoms with Crippen molar-refractivity contribution in [3.05, 3.63) is 65.6 Å². The zero-order valence-corrected chi connectivity index (χ0v) is 12.4. The molecule has 4 rings (SSSR count). The number of benzene rings is 1. The summed E-state index contributed by atoms with van der Waals surface area (Å²) >= 11 is 0. The van der Waals surface area contributed by atoms with Crippen LogP contribution < -0.4 is 5.32 Å². The zero-order chi connectivity index (χ0) is 14.4. The smallest absolute Gasteiger partial charge is 0.0751 e. The van der Waals surface area contributed by atoms with E-state index in [0.717, 1.165) is 6.42 Å². The minimum atomic E-state index is 0.217. The van der Waals surface area contributed by atoms with Crippen molar-refractivity contribution in [3.8, 4) is 0 Å². The molecule has 3 heterocycles. The second-order valence-corrected chi connectivity index (χ2v) is 5.93. The van der Waals surface area contributed by atoms with E-state index in [1.807, 2.05) is 18.5 Å². The van der Waals surface area contributed by atoms with Gasteiger partial charge in [0.25, 0.3) is 0 Å². The quantitative estimate of drug-likeness (QED) is 0.740. The minimum Gasteiger partial charge on any atom is -0.346 e. The summed E-state index contributed by atoms with van der Waals surface area (Å²) in [5.74, 6) is 0. The van der Waals surface area contributed by atoms with Crippen LogP contribution in [-0.4, -0.2) is 15.6 Å². The predicted octanol–water partition coefficient (Wildman–Crippen LogP) is 3.20. The third kappa shape index (κ3) is 1.88. The largest absolute Gasteiger partial charge is 0.346 e. The number of para-hydroxylation sites is 1. The lowest BCUT2D eigenvalue weighted by molar-refractivity contribution is 0.449. The molecule has 1 aliphatic rings. The number of aryl methyl sites for hydroxylation is 1. The predicted molar refractivity (Wildman–Crippen MR) is 85.3 cm³/mol. The Kier molecular flexibility index (Phi) is 2.82. The fraction of sp³-hybridized carbons (Fsp3) is 0.278. The van der Waals surface area contributed by atoms with E-state index in [0.29, 0.717) is 6.04 Å². The van der Waals surface area contributed by atoms with Gasteiger partial charge < -0.3 is 9.88 Å². The standard InChI is InChI=1S/C18H19N3/c1-12-10-15-14-7-3-4-8-16(14)21(2)18(15)17(20-12)13-6-5-9-19-11-13/h3-9,11-12,17,20H,10H2,1-2H3. The van der Waals surface area contributed by atoms with Crippen molar-refractivity contribution >= 4 is 10.9 Å². The highest BCUT2D eigenvalue weighted by Crippen LogP contribution is 2.36. The highest BCUT2D eigenvalue weighted by atomic mass is 15.1. The van der Waals surface area contributed by atoms with Crippen molar-refractivity contribution < 1.29 is 0 Å². The monoisotopic (exact) mass is 277 g/mol. The Balaban J connectivity index is 1.99. The summed E-state index contributed by atoms with van der Waals surface area (Å²) in [5.41, 5.74) is 5.40. The van der Waals surface area contributed by atoms with Crippen molar-refractivity contribution in [3.63, 3.8) is 0 Å². The molecule has 3 heteroatoms. The fourth-order valence-corrected chi connectivity index (χ4v) is 3.60. The lowest BCUT2D eigenvalue weighted by atomic mass is 9.91. The topological polar surface area (TPSA) is 29.9 Å². The third-order valence-electron chi connectivity index (χ3n) is 4.51. The number of nitrogens with one attached hydrogen (secondary N) is 1. The van der Waals surface area contributed by atoms with Gasteiger partial charge in [-0.1, -0.05) is 24.3 Å². The molecule has 0 amide bonds. The van der Waals surface area contributed by atoms with Gasteiger partial charge in [-0.3, -0.25) is 4.98 Å². The van der Waals surface area contributed by atoms with Gasteiger partial charge in [-0.2, -0.15) is 0 Å². The third-order valence-corrected chi connectivity index (χ3v) is 4.51. The molecule has 3 nitrogen and oxygen atoms in total. The Labute approximate surface area is 124 Å². The van der Waals surface area contributed by atoms with Gasteiger partial charge in [0.15, 0.2) is 0 Å². The normalized spacial score (nSPS) is 21.4. The van der Waals surface area contributed by atoms with Crippen LogP contribution in [0.5, 0.6) is 0 Å². The first-order chi connectivity index (χ1) is 10.3. The molecule has 2 atom stereocenters. The maximum Gasteiger partial charge on any atom is 0.0751 e. The maximum atomic E-state index is 4.29. The van der Waals surface area contributed by atoms with Crippen molar-refractivity contribution in [1.82, 2.24) is 14.9 Å². The van der Waals surface area contributed by atoms with Crippen molar-refractivity contribution in [2.75, 3.05) is 0 Å². The van der Waals surface area contributed by atoms with E-state index in [9.17, 15) is 0 Å². The van der Waals surface area contributed by atoms with Crippen LogP contribution in [0.1, 0.15) is 29.8 Å². The number of aromatic nitrogens is 2. The number of nitrogens with zero attached hydrogens (tertiary/aromatic N) is 2. The molecule has 0 radical (unpaired) electrons. The highest BCUT2D eigenvalue weighted by Gasteiger charge is 2.30. The summed E-state index contributed by atoms with van der Waals surface area (Å²) in [4.78, 5) is 4.29. The Hall–Kier alpha value is -2.13. The zero-order valence-electron chi connectivity index (χ0n) is 12.4. The average molecular weight is 277 g/mol. The van der Waals surface area contributed by atoms with Gasteiger partial charge in [-0.05, 0) is 36.6 Å². The first kappa shape index (κ1) is 12.6. The summed E-state index contributed by atoms with van der Waals surface area (Å²) in [6.45, 7) is 2.26. The Morgan fingerprint density at radius 2 is 2.05 bits per heavy atom. The Bertz CT molecular complexity index is 789. The molecular formula is C18H19N3.